The summed E-state index contributed by atoms with van der Waals surface area (Å²) in [6.07, 6.45) is -4.60. The van der Waals surface area contributed by atoms with Crippen molar-refractivity contribution in [3.05, 3.63) is 53.5 Å². The van der Waals surface area contributed by atoms with Crippen LogP contribution < -0.4 is 10.2 Å². The summed E-state index contributed by atoms with van der Waals surface area (Å²) in [5.41, 5.74) is 0.740. The Kier molecular flexibility index (Phi) is 6.43. The Balaban J connectivity index is 1.70. The number of carbonyl (C=O) groups excluding carboxylic acids is 1. The molecule has 0 atom stereocenters. The molecule has 152 valence electrons. The van der Waals surface area contributed by atoms with Gasteiger partial charge in [0.05, 0.1) is 16.3 Å². The van der Waals surface area contributed by atoms with E-state index in [2.05, 4.69) is 15.3 Å². The third-order valence-corrected chi connectivity index (χ3v) is 5.51. The molecule has 0 radical (unpaired) electrons. The Bertz CT molecular complexity index is 974. The van der Waals surface area contributed by atoms with Crippen molar-refractivity contribution in [2.75, 3.05) is 30.1 Å². The minimum Gasteiger partial charge on any atom is -0.378 e. The highest BCUT2D eigenvalue weighted by atomic mass is 32.2. The number of anilines is 2. The summed E-state index contributed by atoms with van der Waals surface area (Å²) in [6, 6.07) is 11.6. The lowest BCUT2D eigenvalue weighted by atomic mass is 10.2. The molecule has 0 saturated carbocycles. The van der Waals surface area contributed by atoms with E-state index in [0.29, 0.717) is 10.6 Å². The average Bonchev–Trinajstić information content (AvgIpc) is 3.21. The molecular formula is C19H17F3N4OS2. The van der Waals surface area contributed by atoms with E-state index < -0.39 is 11.9 Å². The number of halogens is 3. The van der Waals surface area contributed by atoms with Crippen molar-refractivity contribution >= 4 is 40.4 Å². The smallest absolute Gasteiger partial charge is 0.378 e. The second kappa shape index (κ2) is 8.83. The number of amides is 1. The van der Waals surface area contributed by atoms with Crippen LogP contribution >= 0.6 is 23.1 Å². The molecular weight excluding hydrogens is 421 g/mol. The lowest BCUT2D eigenvalue weighted by Crippen LogP contribution is -2.15. The van der Waals surface area contributed by atoms with Crippen LogP contribution in [-0.4, -0.2) is 35.7 Å². The number of rotatable bonds is 6. The number of thiophene rings is 1. The summed E-state index contributed by atoms with van der Waals surface area (Å²) in [4.78, 5) is 22.5. The van der Waals surface area contributed by atoms with E-state index in [1.807, 2.05) is 31.1 Å². The lowest BCUT2D eigenvalue weighted by molar-refractivity contribution is -0.141. The van der Waals surface area contributed by atoms with Crippen LogP contribution in [0.2, 0.25) is 0 Å². The Labute approximate surface area is 174 Å². The second-order valence-electron chi connectivity index (χ2n) is 6.17. The summed E-state index contributed by atoms with van der Waals surface area (Å²) < 4.78 is 39.6. The van der Waals surface area contributed by atoms with Crippen LogP contribution in [0.4, 0.5) is 24.5 Å². The maximum Gasteiger partial charge on any atom is 0.433 e. The zero-order chi connectivity index (χ0) is 21.0. The van der Waals surface area contributed by atoms with E-state index in [1.54, 1.807) is 29.6 Å². The molecule has 10 heteroatoms. The van der Waals surface area contributed by atoms with Gasteiger partial charge in [-0.05, 0) is 41.8 Å². The van der Waals surface area contributed by atoms with Crippen molar-refractivity contribution in [2.24, 2.45) is 0 Å². The Hall–Kier alpha value is -2.59. The lowest BCUT2D eigenvalue weighted by Gasteiger charge is -2.13. The van der Waals surface area contributed by atoms with Crippen LogP contribution in [-0.2, 0) is 11.0 Å². The van der Waals surface area contributed by atoms with Gasteiger partial charge in [-0.25, -0.2) is 9.97 Å². The molecule has 0 unspecified atom stereocenters. The van der Waals surface area contributed by atoms with Crippen LogP contribution in [0.15, 0.2) is 53.0 Å². The average molecular weight is 438 g/mol. The Morgan fingerprint density at radius 2 is 1.90 bits per heavy atom. The minimum absolute atomic E-state index is 0.0960. The maximum absolute atomic E-state index is 13.2. The highest BCUT2D eigenvalue weighted by Crippen LogP contribution is 2.33. The molecule has 3 rings (SSSR count). The van der Waals surface area contributed by atoms with Crippen molar-refractivity contribution in [3.63, 3.8) is 0 Å². The number of thioether (sulfide) groups is 1. The van der Waals surface area contributed by atoms with Crippen LogP contribution in [0, 0.1) is 0 Å². The predicted molar refractivity (Wildman–Crippen MR) is 110 cm³/mol. The van der Waals surface area contributed by atoms with Gasteiger partial charge in [-0.15, -0.1) is 11.3 Å². The Morgan fingerprint density at radius 1 is 1.17 bits per heavy atom. The van der Waals surface area contributed by atoms with Crippen molar-refractivity contribution in [1.29, 1.82) is 0 Å². The molecule has 2 heterocycles. The summed E-state index contributed by atoms with van der Waals surface area (Å²) in [7, 11) is 3.81. The molecule has 29 heavy (non-hydrogen) atoms. The summed E-state index contributed by atoms with van der Waals surface area (Å²) in [5, 5.41) is 4.37. The third-order valence-electron chi connectivity index (χ3n) is 3.77. The monoisotopic (exact) mass is 438 g/mol. The highest BCUT2D eigenvalue weighted by molar-refractivity contribution is 7.99. The van der Waals surface area contributed by atoms with E-state index >= 15 is 0 Å². The first-order chi connectivity index (χ1) is 13.7. The zero-order valence-corrected chi connectivity index (χ0v) is 17.2. The van der Waals surface area contributed by atoms with Crippen LogP contribution in [0.5, 0.6) is 0 Å². The number of hydrogen-bond acceptors (Lipinski definition) is 6. The molecule has 0 spiro atoms. The molecule has 0 aliphatic rings. The molecule has 5 nitrogen and oxygen atoms in total. The quantitative estimate of drug-likeness (QED) is 0.433. The number of carbonyl (C=O) groups is 1. The molecule has 0 bridgehead atoms. The van der Waals surface area contributed by atoms with Gasteiger partial charge in [-0.3, -0.25) is 4.79 Å². The number of benzene rings is 1. The van der Waals surface area contributed by atoms with Gasteiger partial charge in [0, 0.05) is 25.5 Å². The van der Waals surface area contributed by atoms with E-state index in [0.717, 1.165) is 23.5 Å². The van der Waals surface area contributed by atoms with Crippen LogP contribution in [0.3, 0.4) is 0 Å². The van der Waals surface area contributed by atoms with Crippen LogP contribution in [0.25, 0.3) is 10.6 Å². The van der Waals surface area contributed by atoms with Gasteiger partial charge >= 0.3 is 6.18 Å². The first kappa shape index (κ1) is 21.1. The van der Waals surface area contributed by atoms with Crippen molar-refractivity contribution in [3.8, 4) is 10.6 Å². The fourth-order valence-corrected chi connectivity index (χ4v) is 3.70. The van der Waals surface area contributed by atoms with Crippen molar-refractivity contribution in [1.82, 2.24) is 9.97 Å². The van der Waals surface area contributed by atoms with Gasteiger partial charge in [0.25, 0.3) is 0 Å². The van der Waals surface area contributed by atoms with E-state index in [-0.39, 0.29) is 22.5 Å². The van der Waals surface area contributed by atoms with E-state index in [4.69, 9.17) is 0 Å². The van der Waals surface area contributed by atoms with Gasteiger partial charge in [-0.2, -0.15) is 13.2 Å². The van der Waals surface area contributed by atoms with Crippen molar-refractivity contribution < 1.29 is 18.0 Å². The molecule has 0 saturated heterocycles. The molecule has 0 fully saturated rings. The summed E-state index contributed by atoms with van der Waals surface area (Å²) in [5.74, 6) is -0.466. The number of aromatic nitrogens is 2. The van der Waals surface area contributed by atoms with Crippen LogP contribution in [0.1, 0.15) is 5.69 Å². The molecule has 0 aliphatic carbocycles. The number of nitrogens with zero attached hydrogens (tertiary/aromatic N) is 3. The van der Waals surface area contributed by atoms with Gasteiger partial charge in [0.15, 0.2) is 5.16 Å². The van der Waals surface area contributed by atoms with Gasteiger partial charge in [0.2, 0.25) is 5.91 Å². The highest BCUT2D eigenvalue weighted by Gasteiger charge is 2.34. The molecule has 0 aliphatic heterocycles. The van der Waals surface area contributed by atoms with Gasteiger partial charge in [0.1, 0.15) is 5.69 Å². The Morgan fingerprint density at radius 3 is 2.48 bits per heavy atom. The normalized spacial score (nSPS) is 11.3. The van der Waals surface area contributed by atoms with Gasteiger partial charge < -0.3 is 10.2 Å². The number of alkyl halides is 3. The maximum atomic E-state index is 13.2. The molecule has 2 aromatic heterocycles. The largest absolute Gasteiger partial charge is 0.433 e. The van der Waals surface area contributed by atoms with E-state index in [9.17, 15) is 18.0 Å². The van der Waals surface area contributed by atoms with Crippen molar-refractivity contribution in [2.45, 2.75) is 11.3 Å². The zero-order valence-electron chi connectivity index (χ0n) is 15.5. The fourth-order valence-electron chi connectivity index (χ4n) is 2.36. The predicted octanol–water partition coefficient (Wildman–Crippen LogP) is 5.02. The topological polar surface area (TPSA) is 58.1 Å². The first-order valence-corrected chi connectivity index (χ1v) is 10.3. The number of hydrogen-bond donors (Lipinski definition) is 1. The number of nitrogens with one attached hydrogen (secondary N) is 1. The second-order valence-corrected chi connectivity index (χ2v) is 8.06. The molecule has 1 N–H and O–H groups in total. The molecule has 1 amide bonds. The SMILES string of the molecule is CN(C)c1ccc(NC(=O)CSc2nc(-c3cccs3)cc(C(F)(F)F)n2)cc1. The summed E-state index contributed by atoms with van der Waals surface area (Å²) in [6.45, 7) is 0. The van der Waals surface area contributed by atoms with E-state index in [1.165, 1.54) is 11.3 Å². The fraction of sp³-hybridized carbons (Fsp3) is 0.211. The molecule has 3 aromatic rings. The molecule has 1 aromatic carbocycles. The van der Waals surface area contributed by atoms with Gasteiger partial charge in [-0.1, -0.05) is 17.8 Å². The third kappa shape index (κ3) is 5.70. The summed E-state index contributed by atoms with van der Waals surface area (Å²) >= 11 is 2.14. The standard InChI is InChI=1S/C19H17F3N4OS2/c1-26(2)13-7-5-12(6-8-13)23-17(27)11-29-18-24-14(15-4-3-9-28-15)10-16(25-18)19(20,21)22/h3-10H,11H2,1-2H3,(H,23,27). The first-order valence-electron chi connectivity index (χ1n) is 8.42. The minimum atomic E-state index is -4.60.